The Kier molecular flexibility index (Phi) is 6.96. The molecule has 0 saturated heterocycles. The molecule has 3 nitrogen and oxygen atoms in total. The van der Waals surface area contributed by atoms with Gasteiger partial charge in [-0.1, -0.05) is 41.4 Å². The van der Waals surface area contributed by atoms with Gasteiger partial charge in [-0.2, -0.15) is 0 Å². The van der Waals surface area contributed by atoms with E-state index >= 15 is 0 Å². The fourth-order valence-corrected chi connectivity index (χ4v) is 2.81. The maximum atomic E-state index is 6.13. The van der Waals surface area contributed by atoms with Crippen molar-refractivity contribution in [1.29, 1.82) is 0 Å². The maximum absolute atomic E-state index is 6.13. The van der Waals surface area contributed by atoms with Crippen LogP contribution in [0, 0.1) is 0 Å². The molecule has 0 atom stereocenters. The Labute approximate surface area is 151 Å². The molecule has 0 aliphatic rings. The van der Waals surface area contributed by atoms with Crippen LogP contribution in [0.3, 0.4) is 0 Å². The van der Waals surface area contributed by atoms with Crippen molar-refractivity contribution in [2.75, 3.05) is 19.0 Å². The smallest absolute Gasteiger partial charge is 0.170 e. The van der Waals surface area contributed by atoms with Gasteiger partial charge in [0.2, 0.25) is 0 Å². The van der Waals surface area contributed by atoms with E-state index in [-0.39, 0.29) is 0 Å². The first-order valence-corrected chi connectivity index (χ1v) is 8.38. The van der Waals surface area contributed by atoms with E-state index in [9.17, 15) is 0 Å². The zero-order valence-corrected chi connectivity index (χ0v) is 15.1. The standard InChI is InChI=1S/C17H18Cl2N2OS/c1-22-16-9-8-13(11-15(16)19)21-17(23)20-10-4-6-12-5-2-3-7-14(12)18/h2-3,5,7-9,11H,4,6,10H2,1H3,(H2,20,21,23). The van der Waals surface area contributed by atoms with Gasteiger partial charge in [-0.15, -0.1) is 0 Å². The van der Waals surface area contributed by atoms with Crippen molar-refractivity contribution in [3.8, 4) is 5.75 Å². The number of aryl methyl sites for hydroxylation is 1. The Bertz CT molecular complexity index is 679. The molecule has 6 heteroatoms. The van der Waals surface area contributed by atoms with Crippen molar-refractivity contribution in [1.82, 2.24) is 5.32 Å². The second-order valence-corrected chi connectivity index (χ2v) is 6.15. The van der Waals surface area contributed by atoms with Crippen LogP contribution in [0.25, 0.3) is 0 Å². The first kappa shape index (κ1) is 17.9. The van der Waals surface area contributed by atoms with Crippen molar-refractivity contribution in [3.05, 3.63) is 58.1 Å². The van der Waals surface area contributed by atoms with E-state index < -0.39 is 0 Å². The molecule has 0 unspecified atom stereocenters. The van der Waals surface area contributed by atoms with Gasteiger partial charge in [-0.05, 0) is 54.9 Å². The highest BCUT2D eigenvalue weighted by Gasteiger charge is 2.03. The highest BCUT2D eigenvalue weighted by Crippen LogP contribution is 2.27. The van der Waals surface area contributed by atoms with Gasteiger partial charge in [0.05, 0.1) is 12.1 Å². The van der Waals surface area contributed by atoms with Gasteiger partial charge < -0.3 is 15.4 Å². The molecule has 2 aromatic rings. The van der Waals surface area contributed by atoms with Crippen molar-refractivity contribution >= 4 is 46.2 Å². The Morgan fingerprint density at radius 1 is 1.13 bits per heavy atom. The van der Waals surface area contributed by atoms with E-state index in [1.807, 2.05) is 30.3 Å². The molecule has 122 valence electrons. The van der Waals surface area contributed by atoms with E-state index in [0.717, 1.165) is 35.7 Å². The zero-order chi connectivity index (χ0) is 16.7. The van der Waals surface area contributed by atoms with Crippen LogP contribution in [0.5, 0.6) is 5.75 Å². The molecule has 0 aliphatic heterocycles. The Morgan fingerprint density at radius 3 is 2.61 bits per heavy atom. The van der Waals surface area contributed by atoms with Gasteiger partial charge in [0.25, 0.3) is 0 Å². The molecular weight excluding hydrogens is 351 g/mol. The van der Waals surface area contributed by atoms with Gasteiger partial charge in [-0.3, -0.25) is 0 Å². The number of anilines is 1. The molecule has 0 radical (unpaired) electrons. The largest absolute Gasteiger partial charge is 0.495 e. The molecule has 0 heterocycles. The van der Waals surface area contributed by atoms with Gasteiger partial charge in [0.1, 0.15) is 5.75 Å². The van der Waals surface area contributed by atoms with Crippen LogP contribution in [-0.2, 0) is 6.42 Å². The van der Waals surface area contributed by atoms with Crippen LogP contribution < -0.4 is 15.4 Å². The summed E-state index contributed by atoms with van der Waals surface area (Å²) in [4.78, 5) is 0. The predicted molar refractivity (Wildman–Crippen MR) is 102 cm³/mol. The molecule has 0 spiro atoms. The highest BCUT2D eigenvalue weighted by atomic mass is 35.5. The summed E-state index contributed by atoms with van der Waals surface area (Å²) in [5, 5.41) is 8.18. The molecule has 0 fully saturated rings. The fraction of sp³-hybridized carbons (Fsp3) is 0.235. The van der Waals surface area contributed by atoms with E-state index in [2.05, 4.69) is 10.6 Å². The monoisotopic (exact) mass is 368 g/mol. The predicted octanol–water partition coefficient (Wildman–Crippen LogP) is 4.92. The lowest BCUT2D eigenvalue weighted by Gasteiger charge is -2.12. The number of thiocarbonyl (C=S) groups is 1. The topological polar surface area (TPSA) is 33.3 Å². The molecule has 0 amide bonds. The summed E-state index contributed by atoms with van der Waals surface area (Å²) < 4.78 is 5.12. The molecule has 2 rings (SSSR count). The lowest BCUT2D eigenvalue weighted by molar-refractivity contribution is 0.415. The summed E-state index contributed by atoms with van der Waals surface area (Å²) in [5.41, 5.74) is 1.97. The third kappa shape index (κ3) is 5.57. The molecule has 0 bridgehead atoms. The number of methoxy groups -OCH3 is 1. The molecule has 0 aliphatic carbocycles. The lowest BCUT2D eigenvalue weighted by atomic mass is 10.1. The number of hydrogen-bond donors (Lipinski definition) is 2. The normalized spacial score (nSPS) is 10.2. The Hall–Kier alpha value is -1.49. The molecule has 0 aromatic heterocycles. The first-order chi connectivity index (χ1) is 11.1. The quantitative estimate of drug-likeness (QED) is 0.559. The van der Waals surface area contributed by atoms with Crippen molar-refractivity contribution < 1.29 is 4.74 Å². The summed E-state index contributed by atoms with van der Waals surface area (Å²) in [7, 11) is 1.58. The Balaban J connectivity index is 1.75. The minimum absolute atomic E-state index is 0.541. The second kappa shape index (κ2) is 8.96. The second-order valence-electron chi connectivity index (χ2n) is 4.93. The minimum Gasteiger partial charge on any atom is -0.495 e. The van der Waals surface area contributed by atoms with Crippen LogP contribution in [0.2, 0.25) is 10.0 Å². The van der Waals surface area contributed by atoms with Gasteiger partial charge >= 0.3 is 0 Å². The van der Waals surface area contributed by atoms with Crippen LogP contribution in [-0.4, -0.2) is 18.8 Å². The lowest BCUT2D eigenvalue weighted by Crippen LogP contribution is -2.29. The number of ether oxygens (including phenoxy) is 1. The summed E-state index contributed by atoms with van der Waals surface area (Å²) in [5.74, 6) is 0.635. The third-order valence-electron chi connectivity index (χ3n) is 3.28. The number of rotatable bonds is 6. The van der Waals surface area contributed by atoms with E-state index in [1.165, 1.54) is 0 Å². The average molecular weight is 369 g/mol. The molecular formula is C17H18Cl2N2OS. The van der Waals surface area contributed by atoms with Crippen LogP contribution >= 0.6 is 35.4 Å². The summed E-state index contributed by atoms with van der Waals surface area (Å²) in [6.45, 7) is 0.765. The van der Waals surface area contributed by atoms with Crippen molar-refractivity contribution in [2.45, 2.75) is 12.8 Å². The number of nitrogens with one attached hydrogen (secondary N) is 2. The van der Waals surface area contributed by atoms with Crippen LogP contribution in [0.4, 0.5) is 5.69 Å². The number of halogens is 2. The van der Waals surface area contributed by atoms with E-state index in [4.69, 9.17) is 40.2 Å². The zero-order valence-electron chi connectivity index (χ0n) is 12.7. The van der Waals surface area contributed by atoms with E-state index in [1.54, 1.807) is 19.2 Å². The minimum atomic E-state index is 0.541. The van der Waals surface area contributed by atoms with Crippen molar-refractivity contribution in [3.63, 3.8) is 0 Å². The summed E-state index contributed by atoms with van der Waals surface area (Å²) in [6, 6.07) is 13.3. The number of hydrogen-bond acceptors (Lipinski definition) is 2. The first-order valence-electron chi connectivity index (χ1n) is 7.22. The fourth-order valence-electron chi connectivity index (χ4n) is 2.10. The van der Waals surface area contributed by atoms with Crippen LogP contribution in [0.15, 0.2) is 42.5 Å². The molecule has 2 N–H and O–H groups in total. The molecule has 0 saturated carbocycles. The van der Waals surface area contributed by atoms with Crippen molar-refractivity contribution in [2.24, 2.45) is 0 Å². The average Bonchev–Trinajstić information content (AvgIpc) is 2.53. The molecule has 2 aromatic carbocycles. The van der Waals surface area contributed by atoms with Gasteiger partial charge in [0, 0.05) is 17.3 Å². The highest BCUT2D eigenvalue weighted by molar-refractivity contribution is 7.80. The van der Waals surface area contributed by atoms with Gasteiger partial charge in [-0.25, -0.2) is 0 Å². The number of benzene rings is 2. The maximum Gasteiger partial charge on any atom is 0.170 e. The third-order valence-corrected chi connectivity index (χ3v) is 4.19. The van der Waals surface area contributed by atoms with Gasteiger partial charge in [0.15, 0.2) is 5.11 Å². The Morgan fingerprint density at radius 2 is 1.91 bits per heavy atom. The summed E-state index contributed by atoms with van der Waals surface area (Å²) in [6.07, 6.45) is 1.85. The molecule has 23 heavy (non-hydrogen) atoms. The van der Waals surface area contributed by atoms with E-state index in [0.29, 0.717) is 15.9 Å². The summed E-state index contributed by atoms with van der Waals surface area (Å²) >= 11 is 17.5. The van der Waals surface area contributed by atoms with Crippen LogP contribution in [0.1, 0.15) is 12.0 Å². The SMILES string of the molecule is COc1ccc(NC(=S)NCCCc2ccccc2Cl)cc1Cl.